The van der Waals surface area contributed by atoms with Crippen LogP contribution < -0.4 is 0 Å². The Bertz CT molecular complexity index is 684. The third-order valence-corrected chi connectivity index (χ3v) is 5.12. The monoisotopic (exact) mass is 259 g/mol. The predicted octanol–water partition coefficient (Wildman–Crippen LogP) is 4.60. The highest BCUT2D eigenvalue weighted by atomic mass is 14.4. The molecule has 3 aliphatic carbocycles. The van der Waals surface area contributed by atoms with E-state index in [1.165, 1.54) is 16.7 Å². The van der Waals surface area contributed by atoms with Crippen molar-refractivity contribution in [2.45, 2.75) is 25.2 Å². The number of rotatable bonds is 0. The molecule has 0 N–H and O–H groups in total. The van der Waals surface area contributed by atoms with Crippen molar-refractivity contribution in [3.63, 3.8) is 0 Å². The minimum absolute atomic E-state index is 0.527. The van der Waals surface area contributed by atoms with Crippen molar-refractivity contribution < 1.29 is 0 Å². The molecule has 0 fully saturated rings. The second kappa shape index (κ2) is 4.49. The molecule has 0 amide bonds. The topological polar surface area (TPSA) is 23.8 Å². The van der Waals surface area contributed by atoms with Gasteiger partial charge in [-0.05, 0) is 59.8 Å². The van der Waals surface area contributed by atoms with Crippen molar-refractivity contribution in [3.8, 4) is 6.07 Å². The van der Waals surface area contributed by atoms with Crippen LogP contribution in [-0.2, 0) is 0 Å². The Morgan fingerprint density at radius 2 is 1.85 bits per heavy atom. The van der Waals surface area contributed by atoms with E-state index in [9.17, 15) is 5.26 Å². The van der Waals surface area contributed by atoms with Crippen LogP contribution in [0.4, 0.5) is 0 Å². The van der Waals surface area contributed by atoms with Gasteiger partial charge in [0.15, 0.2) is 0 Å². The Kier molecular flexibility index (Phi) is 2.63. The second-order valence-electron chi connectivity index (χ2n) is 6.04. The summed E-state index contributed by atoms with van der Waals surface area (Å²) < 4.78 is 0. The van der Waals surface area contributed by atoms with E-state index in [1.54, 1.807) is 0 Å². The SMILES string of the molecule is N#CC1=CC=C2c3ccccc3C3CC=CCC3C2C1. The summed E-state index contributed by atoms with van der Waals surface area (Å²) in [7, 11) is 0. The average Bonchev–Trinajstić information content (AvgIpc) is 2.54. The van der Waals surface area contributed by atoms with E-state index in [4.69, 9.17) is 0 Å². The maximum Gasteiger partial charge on any atom is 0.0947 e. The van der Waals surface area contributed by atoms with Gasteiger partial charge in [0.2, 0.25) is 0 Å². The smallest absolute Gasteiger partial charge is 0.0947 e. The molecule has 4 rings (SSSR count). The van der Waals surface area contributed by atoms with Gasteiger partial charge in [-0.2, -0.15) is 5.26 Å². The standard InChI is InChI=1S/C19H17N/c20-12-13-9-10-18-16-7-2-1-5-14(16)15-6-3-4-8-17(15)19(18)11-13/h1-5,7,9-10,15,17,19H,6,8,11H2. The molecule has 98 valence electrons. The van der Waals surface area contributed by atoms with Gasteiger partial charge in [-0.15, -0.1) is 0 Å². The number of nitriles is 1. The van der Waals surface area contributed by atoms with Crippen LogP contribution in [0.3, 0.4) is 0 Å². The first kappa shape index (κ1) is 11.7. The van der Waals surface area contributed by atoms with Crippen LogP contribution in [0.5, 0.6) is 0 Å². The van der Waals surface area contributed by atoms with Gasteiger partial charge in [0, 0.05) is 5.57 Å². The van der Waals surface area contributed by atoms with Crippen LogP contribution >= 0.6 is 0 Å². The molecule has 0 bridgehead atoms. The molecule has 0 saturated carbocycles. The average molecular weight is 259 g/mol. The van der Waals surface area contributed by atoms with Gasteiger partial charge in [0.1, 0.15) is 0 Å². The quantitative estimate of drug-likeness (QED) is 0.624. The van der Waals surface area contributed by atoms with Crippen LogP contribution in [0.15, 0.2) is 54.1 Å². The number of hydrogen-bond donors (Lipinski definition) is 0. The lowest BCUT2D eigenvalue weighted by Crippen LogP contribution is -2.31. The maximum absolute atomic E-state index is 9.21. The first-order chi connectivity index (χ1) is 9.88. The summed E-state index contributed by atoms with van der Waals surface area (Å²) in [5.41, 5.74) is 5.32. The molecule has 0 heterocycles. The van der Waals surface area contributed by atoms with Gasteiger partial charge in [-0.3, -0.25) is 0 Å². The number of benzene rings is 1. The molecule has 20 heavy (non-hydrogen) atoms. The van der Waals surface area contributed by atoms with E-state index in [0.29, 0.717) is 17.8 Å². The molecule has 1 aromatic carbocycles. The van der Waals surface area contributed by atoms with Crippen LogP contribution in [0, 0.1) is 23.2 Å². The first-order valence-electron chi connectivity index (χ1n) is 7.43. The van der Waals surface area contributed by atoms with Crippen molar-refractivity contribution in [3.05, 3.63) is 65.3 Å². The van der Waals surface area contributed by atoms with Crippen LogP contribution in [-0.4, -0.2) is 0 Å². The van der Waals surface area contributed by atoms with Gasteiger partial charge in [-0.25, -0.2) is 0 Å². The van der Waals surface area contributed by atoms with Gasteiger partial charge >= 0.3 is 0 Å². The molecular formula is C19H17N. The minimum atomic E-state index is 0.527. The molecule has 0 radical (unpaired) electrons. The summed E-state index contributed by atoms with van der Waals surface area (Å²) in [6.07, 6.45) is 12.1. The Labute approximate surface area is 119 Å². The van der Waals surface area contributed by atoms with Crippen LogP contribution in [0.2, 0.25) is 0 Å². The lowest BCUT2D eigenvalue weighted by molar-refractivity contribution is 0.313. The molecular weight excluding hydrogens is 242 g/mol. The van der Waals surface area contributed by atoms with Gasteiger partial charge < -0.3 is 0 Å². The molecule has 3 unspecified atom stereocenters. The number of allylic oxidation sites excluding steroid dienone is 6. The zero-order chi connectivity index (χ0) is 13.5. The molecule has 0 spiro atoms. The summed E-state index contributed by atoms with van der Waals surface area (Å²) in [5, 5.41) is 9.21. The Morgan fingerprint density at radius 3 is 2.75 bits per heavy atom. The minimum Gasteiger partial charge on any atom is -0.193 e. The molecule has 1 aromatic rings. The van der Waals surface area contributed by atoms with Crippen molar-refractivity contribution in [1.82, 2.24) is 0 Å². The van der Waals surface area contributed by atoms with Crippen LogP contribution in [0.1, 0.15) is 36.3 Å². The first-order valence-corrected chi connectivity index (χ1v) is 7.43. The molecule has 0 aliphatic heterocycles. The predicted molar refractivity (Wildman–Crippen MR) is 80.8 cm³/mol. The maximum atomic E-state index is 9.21. The highest BCUT2D eigenvalue weighted by Crippen LogP contribution is 2.53. The zero-order valence-corrected chi connectivity index (χ0v) is 11.4. The molecule has 3 aliphatic rings. The Balaban J connectivity index is 1.90. The lowest BCUT2D eigenvalue weighted by atomic mass is 9.60. The van der Waals surface area contributed by atoms with Gasteiger partial charge in [0.25, 0.3) is 0 Å². The summed E-state index contributed by atoms with van der Waals surface area (Å²) in [4.78, 5) is 0. The normalized spacial score (nSPS) is 30.2. The van der Waals surface area contributed by atoms with E-state index in [1.807, 2.05) is 6.08 Å². The zero-order valence-electron chi connectivity index (χ0n) is 11.4. The number of nitrogens with zero attached hydrogens (tertiary/aromatic N) is 1. The molecule has 1 nitrogen and oxygen atoms in total. The van der Waals surface area contributed by atoms with Crippen molar-refractivity contribution in [2.24, 2.45) is 11.8 Å². The molecule has 0 aromatic heterocycles. The fourth-order valence-corrected chi connectivity index (χ4v) is 4.20. The van der Waals surface area contributed by atoms with E-state index in [-0.39, 0.29) is 0 Å². The van der Waals surface area contributed by atoms with E-state index >= 15 is 0 Å². The largest absolute Gasteiger partial charge is 0.193 e. The third-order valence-electron chi connectivity index (χ3n) is 5.12. The van der Waals surface area contributed by atoms with E-state index in [2.05, 4.69) is 48.6 Å². The van der Waals surface area contributed by atoms with Gasteiger partial charge in [-0.1, -0.05) is 42.5 Å². The number of hydrogen-bond acceptors (Lipinski definition) is 1. The summed E-state index contributed by atoms with van der Waals surface area (Å²) in [5.74, 6) is 1.83. The van der Waals surface area contributed by atoms with E-state index < -0.39 is 0 Å². The Morgan fingerprint density at radius 1 is 1.00 bits per heavy atom. The Hall–Kier alpha value is -2.07. The van der Waals surface area contributed by atoms with Crippen LogP contribution in [0.25, 0.3) is 5.57 Å². The van der Waals surface area contributed by atoms with Crippen molar-refractivity contribution >= 4 is 5.57 Å². The summed E-state index contributed by atoms with van der Waals surface area (Å²) in [6, 6.07) is 11.2. The van der Waals surface area contributed by atoms with E-state index in [0.717, 1.165) is 24.8 Å². The highest BCUT2D eigenvalue weighted by Gasteiger charge is 2.40. The molecule has 1 heteroatoms. The third kappa shape index (κ3) is 1.61. The lowest BCUT2D eigenvalue weighted by Gasteiger charge is -2.43. The molecule has 3 atom stereocenters. The fourth-order valence-electron chi connectivity index (χ4n) is 4.20. The van der Waals surface area contributed by atoms with Gasteiger partial charge in [0.05, 0.1) is 6.07 Å². The molecule has 0 saturated heterocycles. The van der Waals surface area contributed by atoms with Crippen molar-refractivity contribution in [1.29, 1.82) is 5.26 Å². The highest BCUT2D eigenvalue weighted by molar-refractivity contribution is 5.76. The number of fused-ring (bicyclic) bond motifs is 6. The fraction of sp³-hybridized carbons (Fsp3) is 0.316. The second-order valence-corrected chi connectivity index (χ2v) is 6.04. The van der Waals surface area contributed by atoms with Crippen molar-refractivity contribution in [2.75, 3.05) is 0 Å². The summed E-state index contributed by atoms with van der Waals surface area (Å²) >= 11 is 0. The summed E-state index contributed by atoms with van der Waals surface area (Å²) in [6.45, 7) is 0.